The summed E-state index contributed by atoms with van der Waals surface area (Å²) in [5.74, 6) is 0.927. The third kappa shape index (κ3) is 3.33. The van der Waals surface area contributed by atoms with Crippen molar-refractivity contribution < 1.29 is 4.74 Å². The first-order chi connectivity index (χ1) is 8.79. The van der Waals surface area contributed by atoms with Crippen molar-refractivity contribution in [2.75, 3.05) is 0 Å². The lowest BCUT2D eigenvalue weighted by Crippen LogP contribution is -2.10. The molecule has 0 saturated carbocycles. The maximum Gasteiger partial charge on any atom is 0.119 e. The zero-order chi connectivity index (χ0) is 12.8. The SMILES string of the molecule is CCCC(C)Oc1ccc(-c2ccccn2)cc1. The van der Waals surface area contributed by atoms with E-state index in [0.29, 0.717) is 0 Å². The van der Waals surface area contributed by atoms with Crippen molar-refractivity contribution in [2.24, 2.45) is 0 Å². The van der Waals surface area contributed by atoms with Gasteiger partial charge in [0.05, 0.1) is 11.8 Å². The second kappa shape index (κ2) is 6.20. The van der Waals surface area contributed by atoms with E-state index in [4.69, 9.17) is 4.74 Å². The number of benzene rings is 1. The first-order valence-corrected chi connectivity index (χ1v) is 6.47. The Morgan fingerprint density at radius 2 is 1.89 bits per heavy atom. The number of hydrogen-bond donors (Lipinski definition) is 0. The summed E-state index contributed by atoms with van der Waals surface area (Å²) >= 11 is 0. The van der Waals surface area contributed by atoms with E-state index < -0.39 is 0 Å². The number of ether oxygens (including phenoxy) is 1. The highest BCUT2D eigenvalue weighted by molar-refractivity contribution is 5.59. The molecule has 2 heteroatoms. The molecule has 0 bridgehead atoms. The lowest BCUT2D eigenvalue weighted by Gasteiger charge is -2.13. The van der Waals surface area contributed by atoms with Gasteiger partial charge in [-0.3, -0.25) is 4.98 Å². The summed E-state index contributed by atoms with van der Waals surface area (Å²) in [7, 11) is 0. The molecule has 0 aliphatic carbocycles. The molecule has 2 rings (SSSR count). The molecule has 1 atom stereocenters. The smallest absolute Gasteiger partial charge is 0.119 e. The van der Waals surface area contributed by atoms with Gasteiger partial charge in [-0.05, 0) is 49.7 Å². The van der Waals surface area contributed by atoms with Crippen molar-refractivity contribution in [1.82, 2.24) is 4.98 Å². The van der Waals surface area contributed by atoms with E-state index in [1.807, 2.05) is 36.5 Å². The van der Waals surface area contributed by atoms with Gasteiger partial charge in [-0.15, -0.1) is 0 Å². The fourth-order valence-corrected chi connectivity index (χ4v) is 1.94. The second-order valence-corrected chi connectivity index (χ2v) is 4.46. The van der Waals surface area contributed by atoms with Gasteiger partial charge < -0.3 is 4.74 Å². The molecule has 0 spiro atoms. The molecule has 0 fully saturated rings. The molecular weight excluding hydrogens is 222 g/mol. The van der Waals surface area contributed by atoms with E-state index in [9.17, 15) is 0 Å². The highest BCUT2D eigenvalue weighted by Crippen LogP contribution is 2.21. The Morgan fingerprint density at radius 1 is 1.11 bits per heavy atom. The van der Waals surface area contributed by atoms with Crippen LogP contribution in [0.25, 0.3) is 11.3 Å². The van der Waals surface area contributed by atoms with Crippen LogP contribution in [0.15, 0.2) is 48.7 Å². The predicted molar refractivity (Wildman–Crippen MR) is 74.7 cm³/mol. The second-order valence-electron chi connectivity index (χ2n) is 4.46. The minimum atomic E-state index is 0.274. The first kappa shape index (κ1) is 12.6. The van der Waals surface area contributed by atoms with Crippen molar-refractivity contribution >= 4 is 0 Å². The van der Waals surface area contributed by atoms with Gasteiger partial charge in [0, 0.05) is 11.8 Å². The van der Waals surface area contributed by atoms with Crippen molar-refractivity contribution in [3.8, 4) is 17.0 Å². The summed E-state index contributed by atoms with van der Waals surface area (Å²) in [4.78, 5) is 4.33. The van der Waals surface area contributed by atoms with E-state index in [1.165, 1.54) is 0 Å². The van der Waals surface area contributed by atoms with Crippen LogP contribution in [-0.4, -0.2) is 11.1 Å². The van der Waals surface area contributed by atoms with Gasteiger partial charge in [-0.25, -0.2) is 0 Å². The predicted octanol–water partition coefficient (Wildman–Crippen LogP) is 4.32. The number of aromatic nitrogens is 1. The van der Waals surface area contributed by atoms with Gasteiger partial charge in [-0.2, -0.15) is 0 Å². The summed E-state index contributed by atoms with van der Waals surface area (Å²) in [6.45, 7) is 4.28. The van der Waals surface area contributed by atoms with Gasteiger partial charge >= 0.3 is 0 Å². The van der Waals surface area contributed by atoms with Crippen LogP contribution in [0.3, 0.4) is 0 Å². The van der Waals surface area contributed by atoms with Crippen LogP contribution < -0.4 is 4.74 Å². The minimum Gasteiger partial charge on any atom is -0.491 e. The van der Waals surface area contributed by atoms with Gasteiger partial charge in [-0.1, -0.05) is 19.4 Å². The molecule has 0 aliphatic rings. The third-order valence-corrected chi connectivity index (χ3v) is 2.85. The van der Waals surface area contributed by atoms with E-state index in [2.05, 4.69) is 31.0 Å². The zero-order valence-corrected chi connectivity index (χ0v) is 11.0. The molecule has 0 N–H and O–H groups in total. The summed E-state index contributed by atoms with van der Waals surface area (Å²) in [5, 5.41) is 0. The Bertz CT molecular complexity index is 464. The van der Waals surface area contributed by atoms with Crippen molar-refractivity contribution in [2.45, 2.75) is 32.8 Å². The molecule has 2 nitrogen and oxygen atoms in total. The molecule has 1 unspecified atom stereocenters. The topological polar surface area (TPSA) is 22.1 Å². The van der Waals surface area contributed by atoms with Gasteiger partial charge in [0.2, 0.25) is 0 Å². The lowest BCUT2D eigenvalue weighted by atomic mass is 10.1. The van der Waals surface area contributed by atoms with Crippen LogP contribution in [0.2, 0.25) is 0 Å². The summed E-state index contributed by atoms with van der Waals surface area (Å²) in [6, 6.07) is 14.1. The molecule has 2 aromatic rings. The maximum absolute atomic E-state index is 5.83. The highest BCUT2D eigenvalue weighted by Gasteiger charge is 2.03. The summed E-state index contributed by atoms with van der Waals surface area (Å²) in [5.41, 5.74) is 2.11. The molecule has 0 aliphatic heterocycles. The first-order valence-electron chi connectivity index (χ1n) is 6.47. The number of nitrogens with zero attached hydrogens (tertiary/aromatic N) is 1. The Labute approximate surface area is 109 Å². The lowest BCUT2D eigenvalue weighted by molar-refractivity contribution is 0.210. The van der Waals surface area contributed by atoms with Crippen molar-refractivity contribution in [3.63, 3.8) is 0 Å². The molecular formula is C16H19NO. The molecule has 1 heterocycles. The summed E-state index contributed by atoms with van der Waals surface area (Å²) in [6.07, 6.45) is 4.31. The largest absolute Gasteiger partial charge is 0.491 e. The molecule has 1 aromatic heterocycles. The number of hydrogen-bond acceptors (Lipinski definition) is 2. The Hall–Kier alpha value is -1.83. The fourth-order valence-electron chi connectivity index (χ4n) is 1.94. The fraction of sp³-hybridized carbons (Fsp3) is 0.312. The van der Waals surface area contributed by atoms with Crippen LogP contribution in [0, 0.1) is 0 Å². The maximum atomic E-state index is 5.83. The summed E-state index contributed by atoms with van der Waals surface area (Å²) < 4.78 is 5.83. The quantitative estimate of drug-likeness (QED) is 0.778. The van der Waals surface area contributed by atoms with Crippen LogP contribution >= 0.6 is 0 Å². The van der Waals surface area contributed by atoms with Crippen LogP contribution in [0.5, 0.6) is 5.75 Å². The van der Waals surface area contributed by atoms with E-state index in [1.54, 1.807) is 0 Å². The third-order valence-electron chi connectivity index (χ3n) is 2.85. The van der Waals surface area contributed by atoms with Crippen molar-refractivity contribution in [3.05, 3.63) is 48.7 Å². The monoisotopic (exact) mass is 241 g/mol. The van der Waals surface area contributed by atoms with E-state index in [0.717, 1.165) is 29.8 Å². The molecule has 0 radical (unpaired) electrons. The van der Waals surface area contributed by atoms with E-state index in [-0.39, 0.29) is 6.10 Å². The Kier molecular flexibility index (Phi) is 4.35. The molecule has 18 heavy (non-hydrogen) atoms. The van der Waals surface area contributed by atoms with Gasteiger partial charge in [0.25, 0.3) is 0 Å². The van der Waals surface area contributed by atoms with E-state index >= 15 is 0 Å². The van der Waals surface area contributed by atoms with Crippen LogP contribution in [-0.2, 0) is 0 Å². The molecule has 0 saturated heterocycles. The number of rotatable bonds is 5. The average molecular weight is 241 g/mol. The van der Waals surface area contributed by atoms with Crippen LogP contribution in [0.1, 0.15) is 26.7 Å². The molecule has 0 amide bonds. The molecule has 94 valence electrons. The molecule has 1 aromatic carbocycles. The normalized spacial score (nSPS) is 12.1. The average Bonchev–Trinajstić information content (AvgIpc) is 2.41. The highest BCUT2D eigenvalue weighted by atomic mass is 16.5. The zero-order valence-electron chi connectivity index (χ0n) is 11.0. The van der Waals surface area contributed by atoms with Gasteiger partial charge in [0.15, 0.2) is 0 Å². The number of pyridine rings is 1. The van der Waals surface area contributed by atoms with Gasteiger partial charge in [0.1, 0.15) is 5.75 Å². The minimum absolute atomic E-state index is 0.274. The Morgan fingerprint density at radius 3 is 2.50 bits per heavy atom. The van der Waals surface area contributed by atoms with Crippen molar-refractivity contribution in [1.29, 1.82) is 0 Å². The van der Waals surface area contributed by atoms with Crippen LogP contribution in [0.4, 0.5) is 0 Å². The standard InChI is InChI=1S/C16H19NO/c1-3-6-13(2)18-15-10-8-14(9-11-15)16-7-4-5-12-17-16/h4-5,7-13H,3,6H2,1-2H3. The Balaban J connectivity index is 2.06.